The van der Waals surface area contributed by atoms with Crippen LogP contribution in [0.1, 0.15) is 23.0 Å². The Bertz CT molecular complexity index is 528. The van der Waals surface area contributed by atoms with Crippen LogP contribution in [0.4, 0.5) is 0 Å². The highest BCUT2D eigenvalue weighted by Gasteiger charge is 2.10. The predicted octanol–water partition coefficient (Wildman–Crippen LogP) is 2.34. The minimum atomic E-state index is -0.943. The molecule has 5 nitrogen and oxygen atoms in total. The van der Waals surface area contributed by atoms with Crippen molar-refractivity contribution in [3.05, 3.63) is 29.7 Å². The second kappa shape index (κ2) is 5.24. The molecular formula is C10H9N3O2S2. The van der Waals surface area contributed by atoms with Gasteiger partial charge in [-0.15, -0.1) is 0 Å². The highest BCUT2D eigenvalue weighted by molar-refractivity contribution is 8.00. The van der Waals surface area contributed by atoms with Gasteiger partial charge in [-0.3, -0.25) is 0 Å². The van der Waals surface area contributed by atoms with Gasteiger partial charge in [0.2, 0.25) is 0 Å². The van der Waals surface area contributed by atoms with Crippen molar-refractivity contribution in [3.8, 4) is 0 Å². The zero-order valence-corrected chi connectivity index (χ0v) is 10.6. The number of pyridine rings is 1. The smallest absolute Gasteiger partial charge is 0.335 e. The molecule has 0 aliphatic carbocycles. The van der Waals surface area contributed by atoms with Crippen molar-refractivity contribution in [2.75, 3.05) is 0 Å². The molecule has 0 radical (unpaired) electrons. The molecule has 2 heterocycles. The molecule has 0 aliphatic heterocycles. The SMILES string of the molecule is CCc1cc(C(=O)O)cc(Sc2ncns2)n1. The Labute approximate surface area is 106 Å². The van der Waals surface area contributed by atoms with E-state index in [2.05, 4.69) is 14.3 Å². The van der Waals surface area contributed by atoms with Crippen LogP contribution in [0.2, 0.25) is 0 Å². The number of aromatic carboxylic acids is 1. The Hall–Kier alpha value is -1.47. The van der Waals surface area contributed by atoms with Gasteiger partial charge in [0.1, 0.15) is 11.4 Å². The fourth-order valence-corrected chi connectivity index (χ4v) is 2.66. The predicted molar refractivity (Wildman–Crippen MR) is 64.6 cm³/mol. The second-order valence-electron chi connectivity index (χ2n) is 3.15. The van der Waals surface area contributed by atoms with Crippen molar-refractivity contribution in [1.29, 1.82) is 0 Å². The molecule has 0 unspecified atom stereocenters. The lowest BCUT2D eigenvalue weighted by Gasteiger charge is -2.03. The first-order chi connectivity index (χ1) is 8.19. The molecule has 0 spiro atoms. The topological polar surface area (TPSA) is 76.0 Å². The highest BCUT2D eigenvalue weighted by Crippen LogP contribution is 2.27. The van der Waals surface area contributed by atoms with Crippen molar-refractivity contribution in [1.82, 2.24) is 14.3 Å². The third-order valence-corrected chi connectivity index (χ3v) is 3.63. The van der Waals surface area contributed by atoms with E-state index in [1.54, 1.807) is 12.1 Å². The first-order valence-electron chi connectivity index (χ1n) is 4.88. The molecule has 0 atom stereocenters. The maximum absolute atomic E-state index is 11.0. The minimum Gasteiger partial charge on any atom is -0.478 e. The van der Waals surface area contributed by atoms with Crippen LogP contribution in [0, 0.1) is 0 Å². The first kappa shape index (κ1) is 12.0. The number of nitrogens with zero attached hydrogens (tertiary/aromatic N) is 3. The average molecular weight is 267 g/mol. The van der Waals surface area contributed by atoms with E-state index >= 15 is 0 Å². The molecule has 0 saturated carbocycles. The lowest BCUT2D eigenvalue weighted by atomic mass is 10.2. The van der Waals surface area contributed by atoms with Crippen LogP contribution in [-0.2, 0) is 6.42 Å². The van der Waals surface area contributed by atoms with Crippen molar-refractivity contribution in [2.45, 2.75) is 22.7 Å². The second-order valence-corrected chi connectivity index (χ2v) is 5.20. The number of aryl methyl sites for hydroxylation is 1. The van der Waals surface area contributed by atoms with Crippen LogP contribution in [0.3, 0.4) is 0 Å². The van der Waals surface area contributed by atoms with E-state index < -0.39 is 5.97 Å². The van der Waals surface area contributed by atoms with Gasteiger partial charge >= 0.3 is 5.97 Å². The molecule has 0 amide bonds. The normalized spacial score (nSPS) is 10.4. The molecule has 7 heteroatoms. The molecule has 17 heavy (non-hydrogen) atoms. The molecule has 2 aromatic heterocycles. The van der Waals surface area contributed by atoms with E-state index in [-0.39, 0.29) is 5.56 Å². The summed E-state index contributed by atoms with van der Waals surface area (Å²) in [6.45, 7) is 1.94. The van der Waals surface area contributed by atoms with Crippen LogP contribution < -0.4 is 0 Å². The van der Waals surface area contributed by atoms with E-state index in [0.717, 1.165) is 10.0 Å². The third-order valence-electron chi connectivity index (χ3n) is 2.00. The van der Waals surface area contributed by atoms with Crippen molar-refractivity contribution in [2.24, 2.45) is 0 Å². The molecule has 0 bridgehead atoms. The molecule has 2 aromatic rings. The molecule has 2 rings (SSSR count). The summed E-state index contributed by atoms with van der Waals surface area (Å²) in [6.07, 6.45) is 2.17. The number of aromatic nitrogens is 3. The van der Waals surface area contributed by atoms with E-state index in [1.807, 2.05) is 6.92 Å². The summed E-state index contributed by atoms with van der Waals surface area (Å²) in [6, 6.07) is 3.14. The fraction of sp³-hybridized carbons (Fsp3) is 0.200. The molecule has 1 N–H and O–H groups in total. The molecule has 0 saturated heterocycles. The van der Waals surface area contributed by atoms with Gasteiger partial charge in [-0.05, 0) is 41.8 Å². The Morgan fingerprint density at radius 3 is 2.94 bits per heavy atom. The monoisotopic (exact) mass is 267 g/mol. The summed E-state index contributed by atoms with van der Waals surface area (Å²) in [5.41, 5.74) is 1.01. The summed E-state index contributed by atoms with van der Waals surface area (Å²) in [7, 11) is 0. The van der Waals surface area contributed by atoms with Crippen LogP contribution >= 0.6 is 23.3 Å². The number of carboxylic acid groups (broad SMARTS) is 1. The molecule has 0 aliphatic rings. The van der Waals surface area contributed by atoms with Crippen molar-refractivity contribution >= 4 is 29.3 Å². The number of rotatable bonds is 4. The zero-order chi connectivity index (χ0) is 12.3. The van der Waals surface area contributed by atoms with Crippen molar-refractivity contribution in [3.63, 3.8) is 0 Å². The van der Waals surface area contributed by atoms with Crippen LogP contribution in [0.15, 0.2) is 27.8 Å². The van der Waals surface area contributed by atoms with E-state index in [1.165, 1.54) is 29.6 Å². The summed E-state index contributed by atoms with van der Waals surface area (Å²) >= 11 is 2.59. The van der Waals surface area contributed by atoms with Gasteiger partial charge in [-0.25, -0.2) is 14.8 Å². The zero-order valence-electron chi connectivity index (χ0n) is 8.95. The van der Waals surface area contributed by atoms with E-state index in [9.17, 15) is 4.79 Å². The Balaban J connectivity index is 2.33. The standard InChI is InChI=1S/C10H9N3O2S2/c1-2-7-3-6(9(14)15)4-8(13-7)16-10-11-5-12-17-10/h3-5H,2H2,1H3,(H,14,15). The number of hydrogen-bond acceptors (Lipinski definition) is 6. The molecule has 0 aromatic carbocycles. The van der Waals surface area contributed by atoms with Gasteiger partial charge < -0.3 is 5.11 Å². The molecule has 88 valence electrons. The van der Waals surface area contributed by atoms with E-state index in [0.29, 0.717) is 11.4 Å². The lowest BCUT2D eigenvalue weighted by molar-refractivity contribution is 0.0696. The van der Waals surface area contributed by atoms with Gasteiger partial charge in [0.15, 0.2) is 4.34 Å². The van der Waals surface area contributed by atoms with E-state index in [4.69, 9.17) is 5.11 Å². The lowest BCUT2D eigenvalue weighted by Crippen LogP contribution is -2.00. The van der Waals surface area contributed by atoms with Crippen LogP contribution in [0.5, 0.6) is 0 Å². The average Bonchev–Trinajstić information content (AvgIpc) is 2.81. The maximum atomic E-state index is 11.0. The number of carboxylic acids is 1. The maximum Gasteiger partial charge on any atom is 0.335 e. The van der Waals surface area contributed by atoms with Gasteiger partial charge in [0.25, 0.3) is 0 Å². The summed E-state index contributed by atoms with van der Waals surface area (Å²) in [5, 5.41) is 9.63. The molecule has 0 fully saturated rings. The van der Waals surface area contributed by atoms with Crippen LogP contribution in [-0.4, -0.2) is 25.4 Å². The largest absolute Gasteiger partial charge is 0.478 e. The van der Waals surface area contributed by atoms with Crippen molar-refractivity contribution < 1.29 is 9.90 Å². The van der Waals surface area contributed by atoms with Gasteiger partial charge in [-0.1, -0.05) is 6.92 Å². The highest BCUT2D eigenvalue weighted by atomic mass is 32.2. The number of carbonyl (C=O) groups is 1. The Morgan fingerprint density at radius 1 is 1.53 bits per heavy atom. The van der Waals surface area contributed by atoms with Gasteiger partial charge in [-0.2, -0.15) is 4.37 Å². The number of hydrogen-bond donors (Lipinski definition) is 1. The molecular weight excluding hydrogens is 258 g/mol. The fourth-order valence-electron chi connectivity index (χ4n) is 1.21. The summed E-state index contributed by atoms with van der Waals surface area (Å²) in [4.78, 5) is 19.3. The summed E-state index contributed by atoms with van der Waals surface area (Å²) in [5.74, 6) is -0.943. The van der Waals surface area contributed by atoms with Crippen LogP contribution in [0.25, 0.3) is 0 Å². The Morgan fingerprint density at radius 2 is 2.35 bits per heavy atom. The minimum absolute atomic E-state index is 0.254. The van der Waals surface area contributed by atoms with Gasteiger partial charge in [0, 0.05) is 5.69 Å². The Kier molecular flexibility index (Phi) is 3.70. The van der Waals surface area contributed by atoms with Gasteiger partial charge in [0.05, 0.1) is 5.56 Å². The third kappa shape index (κ3) is 3.01. The first-order valence-corrected chi connectivity index (χ1v) is 6.47. The summed E-state index contributed by atoms with van der Waals surface area (Å²) < 4.78 is 4.64. The quantitative estimate of drug-likeness (QED) is 0.916.